The van der Waals surface area contributed by atoms with Crippen LogP contribution in [0.15, 0.2) is 212 Å². The van der Waals surface area contributed by atoms with E-state index in [1.807, 2.05) is 24.3 Å². The van der Waals surface area contributed by atoms with Crippen LogP contribution in [0.4, 0.5) is 17.1 Å². The Kier molecular flexibility index (Phi) is 8.47. The van der Waals surface area contributed by atoms with Gasteiger partial charge in [0.05, 0.1) is 17.1 Å². The highest BCUT2D eigenvalue weighted by Gasteiger charge is 2.22. The van der Waals surface area contributed by atoms with Gasteiger partial charge in [-0.1, -0.05) is 164 Å². The fourth-order valence-corrected chi connectivity index (χ4v) is 7.73. The van der Waals surface area contributed by atoms with E-state index in [-0.39, 0.29) is 0 Å². The van der Waals surface area contributed by atoms with Crippen molar-refractivity contribution in [1.29, 1.82) is 0 Å². The summed E-state index contributed by atoms with van der Waals surface area (Å²) in [5.74, 6) is 0.692. The molecule has 1 N–H and O–H groups in total. The van der Waals surface area contributed by atoms with Crippen molar-refractivity contribution in [1.82, 2.24) is 15.0 Å². The monoisotopic (exact) mass is 716 g/mol. The topological polar surface area (TPSA) is 44.8 Å². The van der Waals surface area contributed by atoms with Gasteiger partial charge in [-0.05, 0) is 70.8 Å². The van der Waals surface area contributed by atoms with Gasteiger partial charge in [0, 0.05) is 49.9 Å². The molecule has 10 rings (SSSR count). The summed E-state index contributed by atoms with van der Waals surface area (Å²) in [6.07, 6.45) is 0. The predicted octanol–water partition coefficient (Wildman–Crippen LogP) is 13.9. The Bertz CT molecular complexity index is 2780. The van der Waals surface area contributed by atoms with E-state index in [0.717, 1.165) is 66.9 Å². The van der Waals surface area contributed by atoms with Gasteiger partial charge in [-0.15, -0.1) is 0 Å². The van der Waals surface area contributed by atoms with E-state index in [2.05, 4.69) is 198 Å². The average Bonchev–Trinajstić information content (AvgIpc) is 3.68. The number of hydrogen-bond acceptors (Lipinski definition) is 3. The van der Waals surface area contributed by atoms with E-state index in [1.54, 1.807) is 0 Å². The largest absolute Gasteiger partial charge is 0.354 e. The summed E-state index contributed by atoms with van der Waals surface area (Å²) < 4.78 is 0. The molecule has 56 heavy (non-hydrogen) atoms. The molecule has 0 amide bonds. The number of anilines is 3. The number of fused-ring (bicyclic) bond motifs is 3. The van der Waals surface area contributed by atoms with Crippen LogP contribution in [-0.4, -0.2) is 15.0 Å². The number of benzene rings is 8. The second-order valence-corrected chi connectivity index (χ2v) is 13.9. The van der Waals surface area contributed by atoms with Gasteiger partial charge in [0.2, 0.25) is 0 Å². The fraction of sp³-hybridized carbons (Fsp3) is 0. The zero-order valence-corrected chi connectivity index (χ0v) is 30.5. The van der Waals surface area contributed by atoms with Gasteiger partial charge in [0.15, 0.2) is 5.82 Å². The first-order valence-corrected chi connectivity index (χ1v) is 18.9. The van der Waals surface area contributed by atoms with Gasteiger partial charge in [-0.25, -0.2) is 9.97 Å². The standard InChI is InChI=1S/C52H36N4/c1-5-15-36(16-6-1)38-27-31-42(32-28-38)56(43-33-29-39(30-34-43)37-17-7-2-8-18-37)49-26-14-25-46-51(49)50-44(23-13-24-45(50)53-46)48-35-47(40-19-9-3-10-20-40)54-52(55-48)41-21-11-4-12-22-41/h1-35,53H. The molecule has 0 saturated carbocycles. The lowest BCUT2D eigenvalue weighted by Crippen LogP contribution is -2.10. The maximum atomic E-state index is 5.27. The number of hydrogen-bond donors (Lipinski definition) is 1. The maximum absolute atomic E-state index is 5.27. The Labute approximate surface area is 326 Å². The van der Waals surface area contributed by atoms with Crippen LogP contribution in [0.1, 0.15) is 0 Å². The summed E-state index contributed by atoms with van der Waals surface area (Å²) in [6.45, 7) is 0. The van der Waals surface area contributed by atoms with Crippen molar-refractivity contribution >= 4 is 38.9 Å². The fourth-order valence-electron chi connectivity index (χ4n) is 7.73. The van der Waals surface area contributed by atoms with Crippen LogP contribution in [0, 0.1) is 0 Å². The molecular weight excluding hydrogens is 681 g/mol. The van der Waals surface area contributed by atoms with Crippen molar-refractivity contribution in [3.8, 4) is 56.2 Å². The summed E-state index contributed by atoms with van der Waals surface area (Å²) in [5.41, 5.74) is 14.8. The maximum Gasteiger partial charge on any atom is 0.160 e. The van der Waals surface area contributed by atoms with Crippen molar-refractivity contribution in [2.75, 3.05) is 4.90 Å². The second-order valence-electron chi connectivity index (χ2n) is 13.9. The Morgan fingerprint density at radius 2 is 0.786 bits per heavy atom. The van der Waals surface area contributed by atoms with Gasteiger partial charge >= 0.3 is 0 Å². The third-order valence-corrected chi connectivity index (χ3v) is 10.4. The molecule has 2 aromatic heterocycles. The van der Waals surface area contributed by atoms with Crippen molar-refractivity contribution in [3.05, 3.63) is 212 Å². The summed E-state index contributed by atoms with van der Waals surface area (Å²) in [4.78, 5) is 16.5. The molecular formula is C52H36N4. The molecule has 0 aliphatic heterocycles. The van der Waals surface area contributed by atoms with Crippen LogP contribution >= 0.6 is 0 Å². The lowest BCUT2D eigenvalue weighted by molar-refractivity contribution is 1.18. The van der Waals surface area contributed by atoms with E-state index in [1.165, 1.54) is 22.3 Å². The van der Waals surface area contributed by atoms with Crippen molar-refractivity contribution in [3.63, 3.8) is 0 Å². The number of nitrogens with one attached hydrogen (secondary N) is 1. The molecule has 0 aliphatic carbocycles. The number of aromatic nitrogens is 3. The molecule has 4 nitrogen and oxygen atoms in total. The lowest BCUT2D eigenvalue weighted by atomic mass is 9.99. The normalized spacial score (nSPS) is 11.2. The molecule has 4 heteroatoms. The van der Waals surface area contributed by atoms with Crippen LogP contribution < -0.4 is 4.90 Å². The molecule has 2 heterocycles. The highest BCUT2D eigenvalue weighted by molar-refractivity contribution is 6.20. The summed E-state index contributed by atoms with van der Waals surface area (Å²) in [5, 5.41) is 2.24. The first kappa shape index (κ1) is 33.0. The number of rotatable bonds is 8. The Balaban J connectivity index is 1.19. The van der Waals surface area contributed by atoms with Gasteiger partial charge < -0.3 is 9.88 Å². The minimum absolute atomic E-state index is 0.692. The Morgan fingerprint density at radius 1 is 0.339 bits per heavy atom. The molecule has 0 aliphatic rings. The number of aromatic amines is 1. The highest BCUT2D eigenvalue weighted by Crippen LogP contribution is 2.45. The van der Waals surface area contributed by atoms with Crippen LogP contribution in [0.25, 0.3) is 78.0 Å². The number of nitrogens with zero attached hydrogens (tertiary/aromatic N) is 3. The summed E-state index contributed by atoms with van der Waals surface area (Å²) >= 11 is 0. The predicted molar refractivity (Wildman–Crippen MR) is 233 cm³/mol. The van der Waals surface area contributed by atoms with Gasteiger partial charge in [0.1, 0.15) is 0 Å². The molecule has 264 valence electrons. The van der Waals surface area contributed by atoms with E-state index in [0.29, 0.717) is 5.82 Å². The smallest absolute Gasteiger partial charge is 0.160 e. The quantitative estimate of drug-likeness (QED) is 0.170. The molecule has 0 saturated heterocycles. The Hall–Kier alpha value is -7.56. The van der Waals surface area contributed by atoms with Gasteiger partial charge in [0.25, 0.3) is 0 Å². The SMILES string of the molecule is c1ccc(-c2ccc(N(c3ccc(-c4ccccc4)cc3)c3cccc4[nH]c5cccc(-c6cc(-c7ccccc7)nc(-c7ccccc7)n6)c5c34)cc2)cc1. The van der Waals surface area contributed by atoms with E-state index in [4.69, 9.17) is 9.97 Å². The van der Waals surface area contributed by atoms with Crippen LogP contribution in [0.3, 0.4) is 0 Å². The van der Waals surface area contributed by atoms with Crippen molar-refractivity contribution in [2.45, 2.75) is 0 Å². The first-order valence-electron chi connectivity index (χ1n) is 18.9. The Morgan fingerprint density at radius 3 is 1.34 bits per heavy atom. The van der Waals surface area contributed by atoms with E-state index in [9.17, 15) is 0 Å². The lowest BCUT2D eigenvalue weighted by Gasteiger charge is -2.27. The molecule has 0 fully saturated rings. The van der Waals surface area contributed by atoms with Crippen LogP contribution in [0.5, 0.6) is 0 Å². The number of H-pyrrole nitrogens is 1. The molecule has 10 aromatic rings. The van der Waals surface area contributed by atoms with Crippen molar-refractivity contribution < 1.29 is 0 Å². The molecule has 0 atom stereocenters. The van der Waals surface area contributed by atoms with Crippen LogP contribution in [-0.2, 0) is 0 Å². The summed E-state index contributed by atoms with van der Waals surface area (Å²) in [7, 11) is 0. The second kappa shape index (κ2) is 14.3. The highest BCUT2D eigenvalue weighted by atomic mass is 15.1. The van der Waals surface area contributed by atoms with E-state index < -0.39 is 0 Å². The zero-order valence-electron chi connectivity index (χ0n) is 30.5. The minimum Gasteiger partial charge on any atom is -0.354 e. The van der Waals surface area contributed by atoms with Crippen molar-refractivity contribution in [2.24, 2.45) is 0 Å². The first-order chi connectivity index (χ1) is 27.8. The zero-order chi connectivity index (χ0) is 37.3. The molecule has 8 aromatic carbocycles. The van der Waals surface area contributed by atoms with Gasteiger partial charge in [-0.3, -0.25) is 0 Å². The third kappa shape index (κ3) is 6.19. The van der Waals surface area contributed by atoms with E-state index >= 15 is 0 Å². The molecule has 0 radical (unpaired) electrons. The summed E-state index contributed by atoms with van der Waals surface area (Å²) in [6, 6.07) is 74.6. The molecule has 0 unspecified atom stereocenters. The molecule has 0 bridgehead atoms. The van der Waals surface area contributed by atoms with Gasteiger partial charge in [-0.2, -0.15) is 0 Å². The third-order valence-electron chi connectivity index (χ3n) is 10.4. The molecule has 0 spiro atoms. The van der Waals surface area contributed by atoms with Crippen LogP contribution in [0.2, 0.25) is 0 Å². The minimum atomic E-state index is 0.692. The average molecular weight is 717 g/mol.